The number of hydrogen-bond donors (Lipinski definition) is 1. The molecule has 0 aromatic carbocycles. The molecule has 110 valence electrons. The van der Waals surface area contributed by atoms with Crippen LogP contribution in [0.4, 0.5) is 11.9 Å². The molecular formula is C14H23N5O. The molecule has 1 saturated heterocycles. The normalized spacial score (nSPS) is 26.1. The molecule has 1 saturated carbocycles. The Labute approximate surface area is 119 Å². The average Bonchev–Trinajstić information content (AvgIpc) is 2.46. The van der Waals surface area contributed by atoms with Crippen molar-refractivity contribution >= 4 is 11.9 Å². The first kappa shape index (κ1) is 13.4. The zero-order chi connectivity index (χ0) is 13.9. The summed E-state index contributed by atoms with van der Waals surface area (Å²) in [5.41, 5.74) is 5.80. The SMILES string of the molecule is CCOc1nc(N)nc(N2CCC[C@H]3CCCC[C@H]32)n1. The summed E-state index contributed by atoms with van der Waals surface area (Å²) in [6.07, 6.45) is 7.77. The van der Waals surface area contributed by atoms with Crippen LogP contribution in [0.2, 0.25) is 0 Å². The Kier molecular flexibility index (Phi) is 3.89. The van der Waals surface area contributed by atoms with E-state index in [0.29, 0.717) is 24.6 Å². The van der Waals surface area contributed by atoms with Gasteiger partial charge in [-0.15, -0.1) is 0 Å². The predicted octanol–water partition coefficient (Wildman–Crippen LogP) is 2.01. The summed E-state index contributed by atoms with van der Waals surface area (Å²) in [4.78, 5) is 15.1. The summed E-state index contributed by atoms with van der Waals surface area (Å²) in [5, 5.41) is 0. The van der Waals surface area contributed by atoms with Gasteiger partial charge in [0.25, 0.3) is 0 Å². The van der Waals surface area contributed by atoms with Crippen molar-refractivity contribution in [2.24, 2.45) is 5.92 Å². The Hall–Kier alpha value is -1.59. The Balaban J connectivity index is 1.86. The summed E-state index contributed by atoms with van der Waals surface area (Å²) in [6, 6.07) is 0.904. The largest absolute Gasteiger partial charge is 0.464 e. The van der Waals surface area contributed by atoms with Crippen LogP contribution in [0.25, 0.3) is 0 Å². The summed E-state index contributed by atoms with van der Waals surface area (Å²) >= 11 is 0. The lowest BCUT2D eigenvalue weighted by Gasteiger charge is -2.44. The van der Waals surface area contributed by atoms with Crippen molar-refractivity contribution in [1.29, 1.82) is 0 Å². The van der Waals surface area contributed by atoms with Gasteiger partial charge >= 0.3 is 6.01 Å². The maximum Gasteiger partial charge on any atom is 0.323 e. The minimum Gasteiger partial charge on any atom is -0.464 e. The number of nitrogen functional groups attached to an aromatic ring is 1. The first-order valence-electron chi connectivity index (χ1n) is 7.69. The number of fused-ring (bicyclic) bond motifs is 1. The van der Waals surface area contributed by atoms with Gasteiger partial charge in [-0.2, -0.15) is 15.0 Å². The Bertz CT molecular complexity index is 465. The number of hydrogen-bond acceptors (Lipinski definition) is 6. The molecule has 2 heterocycles. The van der Waals surface area contributed by atoms with E-state index in [1.165, 1.54) is 38.5 Å². The average molecular weight is 277 g/mol. The Morgan fingerprint density at radius 3 is 2.80 bits per heavy atom. The minimum atomic E-state index is 0.247. The maximum absolute atomic E-state index is 5.80. The summed E-state index contributed by atoms with van der Waals surface area (Å²) < 4.78 is 5.39. The van der Waals surface area contributed by atoms with E-state index in [2.05, 4.69) is 19.9 Å². The fourth-order valence-electron chi connectivity index (χ4n) is 3.56. The third-order valence-electron chi connectivity index (χ3n) is 4.39. The monoisotopic (exact) mass is 277 g/mol. The van der Waals surface area contributed by atoms with Gasteiger partial charge in [-0.05, 0) is 38.5 Å². The number of piperidine rings is 1. The number of nitrogens with zero attached hydrogens (tertiary/aromatic N) is 4. The molecule has 0 unspecified atom stereocenters. The van der Waals surface area contributed by atoms with Crippen LogP contribution in [0.15, 0.2) is 0 Å². The summed E-state index contributed by atoms with van der Waals surface area (Å²) in [6.45, 7) is 3.46. The maximum atomic E-state index is 5.80. The highest BCUT2D eigenvalue weighted by molar-refractivity contribution is 5.38. The van der Waals surface area contributed by atoms with E-state index in [9.17, 15) is 0 Å². The van der Waals surface area contributed by atoms with E-state index in [1.807, 2.05) is 6.92 Å². The fourth-order valence-corrected chi connectivity index (χ4v) is 3.56. The molecule has 0 spiro atoms. The Morgan fingerprint density at radius 2 is 1.95 bits per heavy atom. The number of ether oxygens (including phenoxy) is 1. The van der Waals surface area contributed by atoms with Gasteiger partial charge in [0.15, 0.2) is 0 Å². The zero-order valence-electron chi connectivity index (χ0n) is 12.1. The van der Waals surface area contributed by atoms with Crippen LogP contribution in [0, 0.1) is 5.92 Å². The summed E-state index contributed by atoms with van der Waals surface area (Å²) in [5.74, 6) is 1.72. The highest BCUT2D eigenvalue weighted by Crippen LogP contribution is 2.36. The third-order valence-corrected chi connectivity index (χ3v) is 4.39. The molecule has 0 bridgehead atoms. The van der Waals surface area contributed by atoms with E-state index in [4.69, 9.17) is 10.5 Å². The fraction of sp³-hybridized carbons (Fsp3) is 0.786. The molecule has 1 aliphatic carbocycles. The van der Waals surface area contributed by atoms with E-state index in [0.717, 1.165) is 12.5 Å². The van der Waals surface area contributed by atoms with Gasteiger partial charge in [0.1, 0.15) is 0 Å². The predicted molar refractivity (Wildman–Crippen MR) is 77.7 cm³/mol. The first-order chi connectivity index (χ1) is 9.78. The van der Waals surface area contributed by atoms with Gasteiger partial charge in [0, 0.05) is 12.6 Å². The van der Waals surface area contributed by atoms with Crippen molar-refractivity contribution in [3.05, 3.63) is 0 Å². The van der Waals surface area contributed by atoms with Crippen molar-refractivity contribution in [2.45, 2.75) is 51.5 Å². The van der Waals surface area contributed by atoms with E-state index < -0.39 is 0 Å². The second-order valence-corrected chi connectivity index (χ2v) is 5.66. The van der Waals surface area contributed by atoms with Crippen molar-refractivity contribution in [2.75, 3.05) is 23.8 Å². The lowest BCUT2D eigenvalue weighted by molar-refractivity contribution is 0.240. The first-order valence-corrected chi connectivity index (χ1v) is 7.69. The molecule has 1 aromatic rings. The van der Waals surface area contributed by atoms with Gasteiger partial charge in [-0.25, -0.2) is 0 Å². The highest BCUT2D eigenvalue weighted by atomic mass is 16.5. The second kappa shape index (κ2) is 5.81. The van der Waals surface area contributed by atoms with Gasteiger partial charge in [0.05, 0.1) is 6.61 Å². The standard InChI is InChI=1S/C14H23N5O/c1-2-20-14-17-12(15)16-13(18-14)19-9-5-7-10-6-3-4-8-11(10)19/h10-11H,2-9H2,1H3,(H2,15,16,17,18)/t10-,11-/m1/s1. The van der Waals surface area contributed by atoms with E-state index in [-0.39, 0.29) is 5.95 Å². The molecule has 2 atom stereocenters. The molecule has 1 aromatic heterocycles. The van der Waals surface area contributed by atoms with Crippen molar-refractivity contribution in [3.63, 3.8) is 0 Å². The lowest BCUT2D eigenvalue weighted by atomic mass is 9.78. The van der Waals surface area contributed by atoms with Crippen LogP contribution in [0.5, 0.6) is 6.01 Å². The molecule has 2 fully saturated rings. The highest BCUT2D eigenvalue weighted by Gasteiger charge is 2.34. The van der Waals surface area contributed by atoms with E-state index >= 15 is 0 Å². The van der Waals surface area contributed by atoms with Crippen LogP contribution < -0.4 is 15.4 Å². The van der Waals surface area contributed by atoms with Crippen LogP contribution in [-0.4, -0.2) is 34.1 Å². The lowest BCUT2D eigenvalue weighted by Crippen LogP contribution is -2.47. The molecule has 3 rings (SSSR count). The Morgan fingerprint density at radius 1 is 1.15 bits per heavy atom. The number of rotatable bonds is 3. The van der Waals surface area contributed by atoms with Crippen LogP contribution in [0.3, 0.4) is 0 Å². The molecule has 2 aliphatic rings. The van der Waals surface area contributed by atoms with Crippen LogP contribution >= 0.6 is 0 Å². The van der Waals surface area contributed by atoms with Gasteiger partial charge in [-0.1, -0.05) is 12.8 Å². The molecule has 2 N–H and O–H groups in total. The number of nitrogens with two attached hydrogens (primary N) is 1. The van der Waals surface area contributed by atoms with Crippen molar-refractivity contribution in [1.82, 2.24) is 15.0 Å². The van der Waals surface area contributed by atoms with Crippen molar-refractivity contribution < 1.29 is 4.74 Å². The third kappa shape index (κ3) is 2.64. The topological polar surface area (TPSA) is 77.2 Å². The molecular weight excluding hydrogens is 254 g/mol. The van der Waals surface area contributed by atoms with Gasteiger partial charge in [-0.3, -0.25) is 0 Å². The van der Waals surface area contributed by atoms with Crippen molar-refractivity contribution in [3.8, 4) is 6.01 Å². The van der Waals surface area contributed by atoms with Crippen LogP contribution in [0.1, 0.15) is 45.4 Å². The molecule has 0 amide bonds. The minimum absolute atomic E-state index is 0.247. The molecule has 20 heavy (non-hydrogen) atoms. The summed E-state index contributed by atoms with van der Waals surface area (Å²) in [7, 11) is 0. The zero-order valence-corrected chi connectivity index (χ0v) is 12.1. The van der Waals surface area contributed by atoms with Crippen LogP contribution in [-0.2, 0) is 0 Å². The second-order valence-electron chi connectivity index (χ2n) is 5.66. The molecule has 6 nitrogen and oxygen atoms in total. The van der Waals surface area contributed by atoms with Gasteiger partial charge < -0.3 is 15.4 Å². The number of aromatic nitrogens is 3. The van der Waals surface area contributed by atoms with Gasteiger partial charge in [0.2, 0.25) is 11.9 Å². The molecule has 6 heteroatoms. The smallest absolute Gasteiger partial charge is 0.323 e. The molecule has 1 aliphatic heterocycles. The van der Waals surface area contributed by atoms with E-state index in [1.54, 1.807) is 0 Å². The quantitative estimate of drug-likeness (QED) is 0.910. The molecule has 0 radical (unpaired) electrons. The number of anilines is 2.